The highest BCUT2D eigenvalue weighted by atomic mass is 16.5. The van der Waals surface area contributed by atoms with E-state index < -0.39 is 0 Å². The highest BCUT2D eigenvalue weighted by Crippen LogP contribution is 2.38. The van der Waals surface area contributed by atoms with Gasteiger partial charge in [-0.15, -0.1) is 0 Å². The second kappa shape index (κ2) is 7.67. The molecule has 2 aromatic heterocycles. The van der Waals surface area contributed by atoms with Gasteiger partial charge in [0.15, 0.2) is 0 Å². The van der Waals surface area contributed by atoms with Gasteiger partial charge in [0, 0.05) is 34.2 Å². The molecule has 152 valence electrons. The number of ether oxygens (including phenoxy) is 1. The molecule has 0 unspecified atom stereocenters. The Labute approximate surface area is 175 Å². The van der Waals surface area contributed by atoms with Gasteiger partial charge in [0.25, 0.3) is 0 Å². The van der Waals surface area contributed by atoms with Gasteiger partial charge in [-0.25, -0.2) is 0 Å². The summed E-state index contributed by atoms with van der Waals surface area (Å²) in [6, 6.07) is 11.5. The summed E-state index contributed by atoms with van der Waals surface area (Å²) in [5.74, 6) is 1.40. The van der Waals surface area contributed by atoms with Gasteiger partial charge in [0.05, 0.1) is 18.3 Å². The number of benzene rings is 2. The molecular formula is C25H24N2O3. The van der Waals surface area contributed by atoms with Gasteiger partial charge in [0.2, 0.25) is 5.91 Å². The number of methoxy groups -OCH3 is 1. The molecule has 0 radical (unpaired) electrons. The smallest absolute Gasteiger partial charge is 0.248 e. The standard InChI is InChI=1S/C25H24N2O3/c1-14(12-23(28)27-22-10-6-9-21-18(22)8-7-11-26-21)19-13-20-15(2)17(4)30-25(20)16(3)24(19)29-5/h6-13H,1-5H3,(H,27,28)/b14-12+. The molecule has 0 aliphatic rings. The van der Waals surface area contributed by atoms with Crippen molar-refractivity contribution in [3.8, 4) is 5.75 Å². The van der Waals surface area contributed by atoms with Crippen LogP contribution in [-0.4, -0.2) is 18.0 Å². The fourth-order valence-corrected chi connectivity index (χ4v) is 3.82. The second-order valence-corrected chi connectivity index (χ2v) is 7.43. The molecule has 4 rings (SSSR count). The fourth-order valence-electron chi connectivity index (χ4n) is 3.82. The summed E-state index contributed by atoms with van der Waals surface area (Å²) in [6.45, 7) is 7.88. The van der Waals surface area contributed by atoms with Gasteiger partial charge in [-0.05, 0) is 69.2 Å². The number of hydrogen-bond donors (Lipinski definition) is 1. The summed E-state index contributed by atoms with van der Waals surface area (Å²) < 4.78 is 11.6. The highest BCUT2D eigenvalue weighted by Gasteiger charge is 2.18. The molecule has 0 bridgehead atoms. The summed E-state index contributed by atoms with van der Waals surface area (Å²) in [5, 5.41) is 4.91. The average molecular weight is 400 g/mol. The number of nitrogens with zero attached hydrogens (tertiary/aromatic N) is 1. The second-order valence-electron chi connectivity index (χ2n) is 7.43. The summed E-state index contributed by atoms with van der Waals surface area (Å²) >= 11 is 0. The zero-order valence-corrected chi connectivity index (χ0v) is 17.8. The van der Waals surface area contributed by atoms with Crippen LogP contribution < -0.4 is 10.1 Å². The van der Waals surface area contributed by atoms with Gasteiger partial charge >= 0.3 is 0 Å². The van der Waals surface area contributed by atoms with Crippen molar-refractivity contribution in [2.45, 2.75) is 27.7 Å². The third kappa shape index (κ3) is 3.32. The van der Waals surface area contributed by atoms with Crippen molar-refractivity contribution >= 4 is 39.0 Å². The lowest BCUT2D eigenvalue weighted by molar-refractivity contribution is -0.111. The molecule has 0 aliphatic carbocycles. The van der Waals surface area contributed by atoms with E-state index in [9.17, 15) is 4.79 Å². The first kappa shape index (κ1) is 19.7. The molecule has 0 fully saturated rings. The van der Waals surface area contributed by atoms with E-state index in [1.54, 1.807) is 19.4 Å². The number of nitrogens with one attached hydrogen (secondary N) is 1. The summed E-state index contributed by atoms with van der Waals surface area (Å²) in [5.41, 5.74) is 6.10. The van der Waals surface area contributed by atoms with Crippen molar-refractivity contribution in [2.75, 3.05) is 12.4 Å². The molecule has 5 heteroatoms. The number of fused-ring (bicyclic) bond motifs is 2. The molecule has 0 spiro atoms. The van der Waals surface area contributed by atoms with Crippen LogP contribution in [0.1, 0.15) is 29.4 Å². The molecule has 5 nitrogen and oxygen atoms in total. The number of allylic oxidation sites excluding steroid dienone is 1. The third-order valence-corrected chi connectivity index (χ3v) is 5.53. The largest absolute Gasteiger partial charge is 0.496 e. The zero-order chi connectivity index (χ0) is 21.4. The maximum atomic E-state index is 12.8. The number of aromatic nitrogens is 1. The van der Waals surface area contributed by atoms with Gasteiger partial charge < -0.3 is 14.5 Å². The van der Waals surface area contributed by atoms with Crippen molar-refractivity contribution in [3.63, 3.8) is 0 Å². The molecule has 2 aromatic carbocycles. The van der Waals surface area contributed by atoms with Crippen LogP contribution in [0.2, 0.25) is 0 Å². The van der Waals surface area contributed by atoms with Crippen LogP contribution >= 0.6 is 0 Å². The third-order valence-electron chi connectivity index (χ3n) is 5.53. The normalized spacial score (nSPS) is 11.8. The minimum absolute atomic E-state index is 0.205. The predicted molar refractivity (Wildman–Crippen MR) is 121 cm³/mol. The molecule has 0 saturated carbocycles. The van der Waals surface area contributed by atoms with Gasteiger partial charge in [-0.1, -0.05) is 6.07 Å². The number of furan rings is 1. The van der Waals surface area contributed by atoms with E-state index in [0.717, 1.165) is 55.6 Å². The van der Waals surface area contributed by atoms with Crippen LogP contribution in [0.15, 0.2) is 53.1 Å². The van der Waals surface area contributed by atoms with Gasteiger partial charge in [-0.3, -0.25) is 9.78 Å². The molecule has 0 aliphatic heterocycles. The number of rotatable bonds is 4. The van der Waals surface area contributed by atoms with Crippen LogP contribution in [0.25, 0.3) is 27.4 Å². The van der Waals surface area contributed by atoms with E-state index in [1.807, 2.05) is 64.1 Å². The number of pyridine rings is 1. The Balaban J connectivity index is 1.73. The lowest BCUT2D eigenvalue weighted by Gasteiger charge is -2.13. The SMILES string of the molecule is COc1c(/C(C)=C/C(=O)Nc2cccc3ncccc23)cc2c(C)c(C)oc2c1C. The minimum Gasteiger partial charge on any atom is -0.496 e. The Morgan fingerprint density at radius 2 is 1.90 bits per heavy atom. The fraction of sp³-hybridized carbons (Fsp3) is 0.200. The Morgan fingerprint density at radius 3 is 2.67 bits per heavy atom. The molecule has 0 atom stereocenters. The summed E-state index contributed by atoms with van der Waals surface area (Å²) in [4.78, 5) is 17.1. The Kier molecular flexibility index (Phi) is 5.04. The van der Waals surface area contributed by atoms with Crippen molar-refractivity contribution in [1.29, 1.82) is 0 Å². The molecule has 30 heavy (non-hydrogen) atoms. The maximum Gasteiger partial charge on any atom is 0.248 e. The van der Waals surface area contributed by atoms with Crippen molar-refractivity contribution in [1.82, 2.24) is 4.98 Å². The first-order valence-corrected chi connectivity index (χ1v) is 9.81. The zero-order valence-electron chi connectivity index (χ0n) is 17.8. The van der Waals surface area contributed by atoms with E-state index in [1.165, 1.54) is 0 Å². The minimum atomic E-state index is -0.205. The van der Waals surface area contributed by atoms with Crippen LogP contribution in [0.5, 0.6) is 5.75 Å². The van der Waals surface area contributed by atoms with Crippen molar-refractivity contribution in [3.05, 3.63) is 71.1 Å². The van der Waals surface area contributed by atoms with Crippen LogP contribution in [0.3, 0.4) is 0 Å². The van der Waals surface area contributed by atoms with E-state index in [-0.39, 0.29) is 5.91 Å². The number of aryl methyl sites for hydroxylation is 3. The first-order valence-electron chi connectivity index (χ1n) is 9.81. The summed E-state index contributed by atoms with van der Waals surface area (Å²) in [6.07, 6.45) is 3.34. The predicted octanol–water partition coefficient (Wildman–Crippen LogP) is 5.96. The van der Waals surface area contributed by atoms with Crippen LogP contribution in [0, 0.1) is 20.8 Å². The maximum absolute atomic E-state index is 12.8. The number of carbonyl (C=O) groups excluding carboxylic acids is 1. The number of carbonyl (C=O) groups is 1. The lowest BCUT2D eigenvalue weighted by atomic mass is 9.98. The molecule has 2 heterocycles. The summed E-state index contributed by atoms with van der Waals surface area (Å²) in [7, 11) is 1.64. The first-order chi connectivity index (χ1) is 14.4. The van der Waals surface area contributed by atoms with Crippen molar-refractivity contribution < 1.29 is 13.9 Å². The van der Waals surface area contributed by atoms with Crippen LogP contribution in [-0.2, 0) is 4.79 Å². The molecule has 0 saturated heterocycles. The molecule has 1 amide bonds. The molecular weight excluding hydrogens is 376 g/mol. The number of anilines is 1. The van der Waals surface area contributed by atoms with Crippen molar-refractivity contribution in [2.24, 2.45) is 0 Å². The van der Waals surface area contributed by atoms with Gasteiger partial charge in [0.1, 0.15) is 17.1 Å². The lowest BCUT2D eigenvalue weighted by Crippen LogP contribution is -2.09. The Bertz CT molecular complexity index is 1310. The van der Waals surface area contributed by atoms with Crippen LogP contribution in [0.4, 0.5) is 5.69 Å². The van der Waals surface area contributed by atoms with E-state index in [4.69, 9.17) is 9.15 Å². The monoisotopic (exact) mass is 400 g/mol. The highest BCUT2D eigenvalue weighted by molar-refractivity contribution is 6.08. The molecule has 1 N–H and O–H groups in total. The average Bonchev–Trinajstić information content (AvgIpc) is 3.02. The van der Waals surface area contributed by atoms with E-state index >= 15 is 0 Å². The quantitative estimate of drug-likeness (QED) is 0.430. The topological polar surface area (TPSA) is 64.4 Å². The Morgan fingerprint density at radius 1 is 1.10 bits per heavy atom. The molecule has 4 aromatic rings. The number of amides is 1. The van der Waals surface area contributed by atoms with E-state index in [0.29, 0.717) is 5.75 Å². The van der Waals surface area contributed by atoms with Gasteiger partial charge in [-0.2, -0.15) is 0 Å². The number of hydrogen-bond acceptors (Lipinski definition) is 4. The van der Waals surface area contributed by atoms with E-state index in [2.05, 4.69) is 10.3 Å². The Hall–Kier alpha value is -3.60.